The number of aryl methyl sites for hydroxylation is 2. The van der Waals surface area contributed by atoms with Gasteiger partial charge in [0.2, 0.25) is 5.91 Å². The summed E-state index contributed by atoms with van der Waals surface area (Å²) in [6, 6.07) is 6.01. The molecule has 4 heteroatoms. The van der Waals surface area contributed by atoms with Crippen molar-refractivity contribution in [2.45, 2.75) is 32.8 Å². The van der Waals surface area contributed by atoms with E-state index < -0.39 is 0 Å². The van der Waals surface area contributed by atoms with Gasteiger partial charge >= 0.3 is 5.97 Å². The molecule has 0 unspecified atom stereocenters. The molecule has 21 heavy (non-hydrogen) atoms. The third kappa shape index (κ3) is 1.88. The maximum atomic E-state index is 12.6. The lowest BCUT2D eigenvalue weighted by molar-refractivity contribution is -0.145. The van der Waals surface area contributed by atoms with E-state index in [-0.39, 0.29) is 35.7 Å². The Hall–Kier alpha value is -1.84. The highest BCUT2D eigenvalue weighted by Crippen LogP contribution is 2.57. The lowest BCUT2D eigenvalue weighted by Crippen LogP contribution is -2.35. The van der Waals surface area contributed by atoms with Gasteiger partial charge in [-0.15, -0.1) is 0 Å². The Morgan fingerprint density at radius 3 is 2.62 bits per heavy atom. The van der Waals surface area contributed by atoms with Gasteiger partial charge in [0.05, 0.1) is 11.8 Å². The minimum Gasteiger partial charge on any atom is -0.462 e. The van der Waals surface area contributed by atoms with Crippen molar-refractivity contribution in [3.63, 3.8) is 0 Å². The predicted molar refractivity (Wildman–Crippen MR) is 77.6 cm³/mol. The highest BCUT2D eigenvalue weighted by Gasteiger charge is 2.63. The van der Waals surface area contributed by atoms with Crippen molar-refractivity contribution in [2.75, 3.05) is 5.32 Å². The molecule has 1 amide bonds. The molecule has 0 spiro atoms. The van der Waals surface area contributed by atoms with Crippen LogP contribution in [0.15, 0.2) is 18.2 Å². The fraction of sp³-hybridized carbons (Fsp3) is 0.529. The molecule has 1 heterocycles. The molecule has 2 aliphatic carbocycles. The van der Waals surface area contributed by atoms with Gasteiger partial charge in [0.15, 0.2) is 0 Å². The quantitative estimate of drug-likeness (QED) is 0.849. The molecule has 1 N–H and O–H groups in total. The zero-order valence-electron chi connectivity index (χ0n) is 12.3. The molecule has 5 atom stereocenters. The summed E-state index contributed by atoms with van der Waals surface area (Å²) in [5, 5.41) is 3.01. The van der Waals surface area contributed by atoms with Gasteiger partial charge in [-0.1, -0.05) is 6.07 Å². The first-order chi connectivity index (χ1) is 10.0. The number of anilines is 1. The molecule has 1 aliphatic heterocycles. The number of rotatable bonds is 2. The lowest BCUT2D eigenvalue weighted by atomic mass is 9.79. The van der Waals surface area contributed by atoms with Crippen molar-refractivity contribution >= 4 is 17.6 Å². The molecule has 4 nitrogen and oxygen atoms in total. The van der Waals surface area contributed by atoms with Crippen LogP contribution in [0.5, 0.6) is 0 Å². The zero-order valence-corrected chi connectivity index (χ0v) is 12.3. The van der Waals surface area contributed by atoms with E-state index in [1.807, 2.05) is 26.0 Å². The van der Waals surface area contributed by atoms with E-state index in [1.54, 1.807) is 0 Å². The molecule has 0 aromatic heterocycles. The summed E-state index contributed by atoms with van der Waals surface area (Å²) in [6.07, 6.45) is 1.90. The Morgan fingerprint density at radius 1 is 1.19 bits per heavy atom. The van der Waals surface area contributed by atoms with Gasteiger partial charge in [-0.3, -0.25) is 9.59 Å². The summed E-state index contributed by atoms with van der Waals surface area (Å²) < 4.78 is 5.39. The first-order valence-corrected chi connectivity index (χ1v) is 7.62. The van der Waals surface area contributed by atoms with E-state index in [0.29, 0.717) is 5.92 Å². The van der Waals surface area contributed by atoms with Crippen LogP contribution < -0.4 is 5.32 Å². The fourth-order valence-electron chi connectivity index (χ4n) is 4.64. The van der Waals surface area contributed by atoms with Crippen LogP contribution in [0.1, 0.15) is 24.0 Å². The average molecular weight is 285 g/mol. The van der Waals surface area contributed by atoms with E-state index in [2.05, 4.69) is 11.4 Å². The van der Waals surface area contributed by atoms with E-state index in [0.717, 1.165) is 29.7 Å². The number of hydrogen-bond acceptors (Lipinski definition) is 3. The van der Waals surface area contributed by atoms with Crippen molar-refractivity contribution in [1.82, 2.24) is 0 Å². The van der Waals surface area contributed by atoms with E-state index in [9.17, 15) is 9.59 Å². The minimum atomic E-state index is -0.209. The molecule has 110 valence electrons. The standard InChI is InChI=1S/C17H19NO3/c1-8-3-9(2)5-11(4-8)18-16(19)14-10-6-12-13(7-10)21-17(20)15(12)14/h3-5,10,12-15H,6-7H2,1-2H3,(H,18,19)/t10-,12-,13+,14+,15-/m0/s1. The number of benzene rings is 1. The average Bonchev–Trinajstić information content (AvgIpc) is 2.97. The molecule has 4 rings (SSSR count). The number of ether oxygens (including phenoxy) is 1. The SMILES string of the molecule is Cc1cc(C)cc(NC(=O)[C@@H]2[C@H]3C[C@@H]4[C@@H]2C(=O)O[C@@H]4C3)c1. The second kappa shape index (κ2) is 4.33. The maximum absolute atomic E-state index is 12.6. The van der Waals surface area contributed by atoms with Crippen LogP contribution in [-0.4, -0.2) is 18.0 Å². The topological polar surface area (TPSA) is 55.4 Å². The zero-order chi connectivity index (χ0) is 14.7. The van der Waals surface area contributed by atoms with Gasteiger partial charge in [0.25, 0.3) is 0 Å². The number of amides is 1. The largest absolute Gasteiger partial charge is 0.462 e. The Balaban J connectivity index is 1.57. The van der Waals surface area contributed by atoms with Crippen LogP contribution in [0.4, 0.5) is 5.69 Å². The molecular weight excluding hydrogens is 266 g/mol. The Bertz CT molecular complexity index is 617. The molecule has 3 aliphatic rings. The van der Waals surface area contributed by atoms with E-state index in [1.165, 1.54) is 0 Å². The number of carbonyl (C=O) groups is 2. The number of esters is 1. The highest BCUT2D eigenvalue weighted by atomic mass is 16.6. The first-order valence-electron chi connectivity index (χ1n) is 7.62. The molecular formula is C17H19NO3. The number of hydrogen-bond donors (Lipinski definition) is 1. The number of fused-ring (bicyclic) bond motifs is 1. The number of carbonyl (C=O) groups excluding carboxylic acids is 2. The molecule has 1 saturated heterocycles. The summed E-state index contributed by atoms with van der Waals surface area (Å²) in [6.45, 7) is 4.03. The second-order valence-electron chi connectivity index (χ2n) is 6.79. The van der Waals surface area contributed by atoms with Crippen LogP contribution in [0.2, 0.25) is 0 Å². The Morgan fingerprint density at radius 2 is 1.90 bits per heavy atom. The molecule has 2 bridgehead atoms. The number of nitrogens with one attached hydrogen (secondary N) is 1. The molecule has 2 saturated carbocycles. The van der Waals surface area contributed by atoms with Crippen LogP contribution >= 0.6 is 0 Å². The minimum absolute atomic E-state index is 0.0187. The van der Waals surface area contributed by atoms with Crippen molar-refractivity contribution in [3.8, 4) is 0 Å². The van der Waals surface area contributed by atoms with Crippen LogP contribution in [0.3, 0.4) is 0 Å². The van der Waals surface area contributed by atoms with Gasteiger partial charge in [-0.2, -0.15) is 0 Å². The van der Waals surface area contributed by atoms with Gasteiger partial charge in [-0.25, -0.2) is 0 Å². The summed E-state index contributed by atoms with van der Waals surface area (Å²) in [5.74, 6) is -0.0121. The molecule has 1 aromatic carbocycles. The van der Waals surface area contributed by atoms with E-state index >= 15 is 0 Å². The summed E-state index contributed by atoms with van der Waals surface area (Å²) in [4.78, 5) is 24.6. The van der Waals surface area contributed by atoms with Crippen LogP contribution in [-0.2, 0) is 14.3 Å². The summed E-state index contributed by atoms with van der Waals surface area (Å²) >= 11 is 0. The van der Waals surface area contributed by atoms with Crippen molar-refractivity contribution < 1.29 is 14.3 Å². The van der Waals surface area contributed by atoms with Crippen molar-refractivity contribution in [3.05, 3.63) is 29.3 Å². The molecule has 1 aromatic rings. The van der Waals surface area contributed by atoms with Gasteiger partial charge in [0, 0.05) is 11.6 Å². The molecule has 3 fully saturated rings. The van der Waals surface area contributed by atoms with Gasteiger partial charge in [-0.05, 0) is 55.9 Å². The van der Waals surface area contributed by atoms with Crippen LogP contribution in [0.25, 0.3) is 0 Å². The van der Waals surface area contributed by atoms with Gasteiger partial charge in [0.1, 0.15) is 6.10 Å². The third-order valence-corrected chi connectivity index (χ3v) is 5.28. The van der Waals surface area contributed by atoms with Crippen molar-refractivity contribution in [1.29, 1.82) is 0 Å². The Labute approximate surface area is 123 Å². The second-order valence-corrected chi connectivity index (χ2v) is 6.79. The molecule has 0 radical (unpaired) electrons. The monoisotopic (exact) mass is 285 g/mol. The van der Waals surface area contributed by atoms with Crippen LogP contribution in [0, 0.1) is 37.5 Å². The highest BCUT2D eigenvalue weighted by molar-refractivity contribution is 5.97. The van der Waals surface area contributed by atoms with Gasteiger partial charge < -0.3 is 10.1 Å². The van der Waals surface area contributed by atoms with E-state index in [4.69, 9.17) is 4.74 Å². The fourth-order valence-corrected chi connectivity index (χ4v) is 4.64. The first kappa shape index (κ1) is 12.9. The normalized spacial score (nSPS) is 35.9. The maximum Gasteiger partial charge on any atom is 0.310 e. The van der Waals surface area contributed by atoms with Crippen molar-refractivity contribution in [2.24, 2.45) is 23.7 Å². The predicted octanol–water partition coefficient (Wildman–Crippen LogP) is 2.44. The lowest BCUT2D eigenvalue weighted by Gasteiger charge is -2.23. The smallest absolute Gasteiger partial charge is 0.310 e. The third-order valence-electron chi connectivity index (χ3n) is 5.28. The summed E-state index contributed by atoms with van der Waals surface area (Å²) in [5.41, 5.74) is 3.07. The Kier molecular flexibility index (Phi) is 2.65. The summed E-state index contributed by atoms with van der Waals surface area (Å²) in [7, 11) is 0.